The highest BCUT2D eigenvalue weighted by Gasteiger charge is 2.15. The molecule has 0 bridgehead atoms. The van der Waals surface area contributed by atoms with Crippen molar-refractivity contribution in [3.63, 3.8) is 0 Å². The highest BCUT2D eigenvalue weighted by atomic mass is 19.2. The van der Waals surface area contributed by atoms with E-state index in [1.807, 2.05) is 0 Å². The Kier molecular flexibility index (Phi) is 2.63. The number of aromatic nitrogens is 2. The zero-order valence-electron chi connectivity index (χ0n) is 9.85. The summed E-state index contributed by atoms with van der Waals surface area (Å²) in [6, 6.07) is 3.37. The monoisotopic (exact) mass is 281 g/mol. The van der Waals surface area contributed by atoms with Crippen LogP contribution in [0.5, 0.6) is 0 Å². The fraction of sp³-hybridized carbons (Fsp3) is 0. The number of fused-ring (bicyclic) bond motifs is 1. The number of hydrogen-bond acceptors (Lipinski definition) is 2. The molecule has 7 heteroatoms. The second kappa shape index (κ2) is 4.22. The quantitative estimate of drug-likeness (QED) is 0.530. The molecule has 0 amide bonds. The first-order chi connectivity index (χ1) is 9.45. The van der Waals surface area contributed by atoms with Gasteiger partial charge in [-0.3, -0.25) is 0 Å². The molecule has 3 N–H and O–H groups in total. The normalized spacial score (nSPS) is 11.2. The van der Waals surface area contributed by atoms with Gasteiger partial charge in [-0.05, 0) is 12.1 Å². The van der Waals surface area contributed by atoms with E-state index in [4.69, 9.17) is 5.73 Å². The summed E-state index contributed by atoms with van der Waals surface area (Å²) >= 11 is 0. The molecule has 0 atom stereocenters. The van der Waals surface area contributed by atoms with Crippen LogP contribution in [0, 0.1) is 23.3 Å². The van der Waals surface area contributed by atoms with Crippen molar-refractivity contribution < 1.29 is 17.6 Å². The van der Waals surface area contributed by atoms with Crippen LogP contribution in [0.3, 0.4) is 0 Å². The summed E-state index contributed by atoms with van der Waals surface area (Å²) < 4.78 is 52.9. The summed E-state index contributed by atoms with van der Waals surface area (Å²) in [7, 11) is 0. The lowest BCUT2D eigenvalue weighted by Crippen LogP contribution is -1.95. The Hall–Kier alpha value is -2.57. The number of nitrogen functional groups attached to an aromatic ring is 1. The molecule has 0 aliphatic carbocycles. The summed E-state index contributed by atoms with van der Waals surface area (Å²) in [5.41, 5.74) is 5.57. The van der Waals surface area contributed by atoms with Gasteiger partial charge < -0.3 is 10.7 Å². The Bertz CT molecular complexity index is 826. The van der Waals surface area contributed by atoms with Gasteiger partial charge in [0, 0.05) is 23.4 Å². The van der Waals surface area contributed by atoms with E-state index in [9.17, 15) is 17.6 Å². The van der Waals surface area contributed by atoms with Crippen LogP contribution in [0.25, 0.3) is 22.4 Å². The number of imidazole rings is 1. The van der Waals surface area contributed by atoms with Gasteiger partial charge in [0.2, 0.25) is 0 Å². The van der Waals surface area contributed by atoms with Crippen LogP contribution in [0.15, 0.2) is 24.3 Å². The first kappa shape index (κ1) is 12.5. The first-order valence-corrected chi connectivity index (χ1v) is 5.55. The average molecular weight is 281 g/mol. The number of nitrogens with zero attached hydrogens (tertiary/aromatic N) is 1. The van der Waals surface area contributed by atoms with Crippen LogP contribution in [0.2, 0.25) is 0 Å². The lowest BCUT2D eigenvalue weighted by atomic mass is 10.1. The van der Waals surface area contributed by atoms with Gasteiger partial charge in [0.25, 0.3) is 0 Å². The van der Waals surface area contributed by atoms with Gasteiger partial charge in [-0.2, -0.15) is 0 Å². The molecule has 0 radical (unpaired) electrons. The van der Waals surface area contributed by atoms with Gasteiger partial charge >= 0.3 is 0 Å². The molecule has 1 aromatic heterocycles. The summed E-state index contributed by atoms with van der Waals surface area (Å²) in [6.07, 6.45) is 0. The second-order valence-corrected chi connectivity index (χ2v) is 4.22. The highest BCUT2D eigenvalue weighted by Crippen LogP contribution is 2.28. The van der Waals surface area contributed by atoms with Crippen LogP contribution in [0.1, 0.15) is 0 Å². The Morgan fingerprint density at radius 1 is 0.900 bits per heavy atom. The number of benzene rings is 2. The predicted octanol–water partition coefficient (Wildman–Crippen LogP) is 3.37. The summed E-state index contributed by atoms with van der Waals surface area (Å²) in [4.78, 5) is 6.51. The van der Waals surface area contributed by atoms with Crippen molar-refractivity contribution in [1.82, 2.24) is 9.97 Å². The number of hydrogen-bond donors (Lipinski definition) is 2. The van der Waals surface area contributed by atoms with Gasteiger partial charge in [-0.15, -0.1) is 0 Å². The van der Waals surface area contributed by atoms with E-state index in [2.05, 4.69) is 9.97 Å². The van der Waals surface area contributed by atoms with E-state index in [1.165, 1.54) is 0 Å². The number of nitrogens with two attached hydrogens (primary N) is 1. The molecule has 0 fully saturated rings. The summed E-state index contributed by atoms with van der Waals surface area (Å²) in [6.45, 7) is 0. The minimum atomic E-state index is -1.11. The number of rotatable bonds is 1. The van der Waals surface area contributed by atoms with Crippen molar-refractivity contribution in [2.45, 2.75) is 0 Å². The smallest absolute Gasteiger partial charge is 0.160 e. The first-order valence-electron chi connectivity index (χ1n) is 5.55. The van der Waals surface area contributed by atoms with Crippen LogP contribution >= 0.6 is 0 Å². The third-order valence-corrected chi connectivity index (χ3v) is 2.85. The van der Waals surface area contributed by atoms with E-state index in [-0.39, 0.29) is 28.1 Å². The van der Waals surface area contributed by atoms with E-state index >= 15 is 0 Å². The summed E-state index contributed by atoms with van der Waals surface area (Å²) in [5.74, 6) is -3.81. The van der Waals surface area contributed by atoms with Crippen LogP contribution < -0.4 is 5.73 Å². The minimum absolute atomic E-state index is 0.0286. The van der Waals surface area contributed by atoms with Crippen molar-refractivity contribution in [2.75, 3.05) is 5.73 Å². The van der Waals surface area contributed by atoms with Crippen molar-refractivity contribution in [1.29, 1.82) is 0 Å². The summed E-state index contributed by atoms with van der Waals surface area (Å²) in [5, 5.41) is 0. The maximum Gasteiger partial charge on any atom is 0.160 e. The number of nitrogens with one attached hydrogen (secondary N) is 1. The fourth-order valence-corrected chi connectivity index (χ4v) is 1.94. The van der Waals surface area contributed by atoms with Crippen molar-refractivity contribution in [3.8, 4) is 11.4 Å². The molecule has 3 rings (SSSR count). The van der Waals surface area contributed by atoms with E-state index < -0.39 is 23.3 Å². The average Bonchev–Trinajstić information content (AvgIpc) is 2.77. The van der Waals surface area contributed by atoms with Gasteiger partial charge in [-0.25, -0.2) is 22.5 Å². The molecule has 0 saturated heterocycles. The molecule has 20 heavy (non-hydrogen) atoms. The van der Waals surface area contributed by atoms with Gasteiger partial charge in [0.05, 0.1) is 5.52 Å². The van der Waals surface area contributed by atoms with Gasteiger partial charge in [-0.1, -0.05) is 0 Å². The molecule has 0 spiro atoms. The van der Waals surface area contributed by atoms with Crippen molar-refractivity contribution in [2.24, 2.45) is 0 Å². The van der Waals surface area contributed by atoms with Crippen LogP contribution in [-0.4, -0.2) is 9.97 Å². The molecular weight excluding hydrogens is 274 g/mol. The lowest BCUT2D eigenvalue weighted by Gasteiger charge is -2.03. The minimum Gasteiger partial charge on any atom is -0.398 e. The van der Waals surface area contributed by atoms with E-state index in [0.717, 1.165) is 18.2 Å². The third-order valence-electron chi connectivity index (χ3n) is 2.85. The van der Waals surface area contributed by atoms with E-state index in [0.29, 0.717) is 6.07 Å². The van der Waals surface area contributed by atoms with Crippen LogP contribution in [0.4, 0.5) is 23.2 Å². The maximum atomic E-state index is 13.5. The van der Waals surface area contributed by atoms with E-state index in [1.54, 1.807) is 0 Å². The zero-order valence-corrected chi connectivity index (χ0v) is 9.85. The Balaban J connectivity index is 2.25. The number of aromatic amines is 1. The molecule has 0 saturated carbocycles. The standard InChI is InChI=1S/C13H7F4N3/c14-5-1-9(17)12-11(2-5)19-13(20-12)6-3-7(15)8(16)4-10(6)18/h1-4H,18H2,(H,19,20). The molecule has 0 aliphatic heterocycles. The SMILES string of the molecule is Nc1cc(F)c(F)cc1-c1nc2c(F)cc(F)cc2[nH]1. The lowest BCUT2D eigenvalue weighted by molar-refractivity contribution is 0.509. The Morgan fingerprint density at radius 2 is 1.60 bits per heavy atom. The Labute approximate surface area is 110 Å². The second-order valence-electron chi connectivity index (χ2n) is 4.22. The largest absolute Gasteiger partial charge is 0.398 e. The molecule has 2 aromatic carbocycles. The number of H-pyrrole nitrogens is 1. The molecule has 1 heterocycles. The Morgan fingerprint density at radius 3 is 2.35 bits per heavy atom. The molecule has 0 unspecified atom stereocenters. The third kappa shape index (κ3) is 1.87. The molecule has 0 aliphatic rings. The zero-order chi connectivity index (χ0) is 14.4. The topological polar surface area (TPSA) is 54.7 Å². The molecule has 3 nitrogen and oxygen atoms in total. The maximum absolute atomic E-state index is 13.5. The molecule has 3 aromatic rings. The number of anilines is 1. The van der Waals surface area contributed by atoms with Gasteiger partial charge in [0.15, 0.2) is 17.5 Å². The van der Waals surface area contributed by atoms with Crippen LogP contribution in [-0.2, 0) is 0 Å². The van der Waals surface area contributed by atoms with Gasteiger partial charge in [0.1, 0.15) is 17.2 Å². The van der Waals surface area contributed by atoms with Crippen molar-refractivity contribution >= 4 is 16.7 Å². The van der Waals surface area contributed by atoms with Crippen molar-refractivity contribution in [3.05, 3.63) is 47.5 Å². The fourth-order valence-electron chi connectivity index (χ4n) is 1.94. The molecule has 102 valence electrons. The number of halogens is 4. The predicted molar refractivity (Wildman–Crippen MR) is 65.8 cm³/mol. The highest BCUT2D eigenvalue weighted by molar-refractivity contribution is 5.82. The molecular formula is C13H7F4N3.